The molecular weight excluding hydrogens is 592 g/mol. The topological polar surface area (TPSA) is 130 Å². The van der Waals surface area contributed by atoms with Crippen LogP contribution < -0.4 is 16.0 Å². The maximum Gasteiger partial charge on any atom is 0.338 e. The summed E-state index contributed by atoms with van der Waals surface area (Å²) < 4.78 is 17.1. The van der Waals surface area contributed by atoms with E-state index in [1.807, 2.05) is 45.0 Å². The van der Waals surface area contributed by atoms with Crippen LogP contribution in [-0.2, 0) is 19.0 Å². The number of nitriles is 1. The van der Waals surface area contributed by atoms with E-state index in [4.69, 9.17) is 30.8 Å². The third-order valence-corrected chi connectivity index (χ3v) is 9.16. The van der Waals surface area contributed by atoms with Crippen molar-refractivity contribution < 1.29 is 19.0 Å². The highest BCUT2D eigenvalue weighted by molar-refractivity contribution is 6.33. The van der Waals surface area contributed by atoms with Crippen LogP contribution in [0.5, 0.6) is 0 Å². The van der Waals surface area contributed by atoms with Crippen LogP contribution in [0.2, 0.25) is 5.02 Å². The van der Waals surface area contributed by atoms with E-state index in [9.17, 15) is 10.1 Å². The smallest absolute Gasteiger partial charge is 0.338 e. The number of nitrogens with zero attached hydrogens (tertiary/aromatic N) is 3. The maximum atomic E-state index is 12.6. The Morgan fingerprint density at radius 3 is 2.51 bits per heavy atom. The number of hydrogen-bond acceptors (Lipinski definition) is 10. The Labute approximate surface area is 272 Å². The van der Waals surface area contributed by atoms with Crippen LogP contribution in [0.3, 0.4) is 0 Å². The third-order valence-electron chi connectivity index (χ3n) is 8.86. The predicted octanol–water partition coefficient (Wildman–Crippen LogP) is 6.12. The molecule has 11 heteroatoms. The van der Waals surface area contributed by atoms with E-state index in [0.717, 1.165) is 55.6 Å². The molecule has 45 heavy (non-hydrogen) atoms. The average Bonchev–Trinajstić information content (AvgIpc) is 3.82. The van der Waals surface area contributed by atoms with Crippen molar-refractivity contribution >= 4 is 29.2 Å². The monoisotopic (exact) mass is 638 g/mol. The van der Waals surface area contributed by atoms with Crippen molar-refractivity contribution in [3.05, 3.63) is 35.5 Å². The fraction of sp³-hybridized carbons (Fsp3) is 0.647. The predicted molar refractivity (Wildman–Crippen MR) is 175 cm³/mol. The van der Waals surface area contributed by atoms with Crippen molar-refractivity contribution in [2.75, 3.05) is 37.0 Å². The molecule has 1 atom stereocenters. The average molecular weight is 639 g/mol. The molecule has 1 aliphatic heterocycles. The van der Waals surface area contributed by atoms with E-state index in [1.54, 1.807) is 6.20 Å². The third kappa shape index (κ3) is 9.07. The molecule has 0 spiro atoms. The molecule has 10 nitrogen and oxygen atoms in total. The number of carbonyl (C=O) groups is 1. The standard InChI is InChI=1S/C34H47ClN6O4/c1-23(20-44-34(12-13-34)31(42)45-32(2,3)4)39-24-8-10-25(11-9-24)40-30-18-26(27(35)19-37-30)28-6-5-7-29(41-28)38-22-33(21-36)14-16-43-17-15-33/h5-7,18-19,23-25,39H,8-17,20,22H2,1-4H3,(H,37,40)(H,38,41)/t23?,24-,25-. The number of hydrogen-bond donors (Lipinski definition) is 3. The van der Waals surface area contributed by atoms with E-state index < -0.39 is 16.6 Å². The van der Waals surface area contributed by atoms with E-state index in [2.05, 4.69) is 33.9 Å². The number of pyridine rings is 2. The molecule has 2 aliphatic carbocycles. The lowest BCUT2D eigenvalue weighted by Gasteiger charge is -2.32. The first kappa shape index (κ1) is 33.4. The minimum Gasteiger partial charge on any atom is -0.458 e. The van der Waals surface area contributed by atoms with Gasteiger partial charge in [0, 0.05) is 49.6 Å². The van der Waals surface area contributed by atoms with Gasteiger partial charge < -0.3 is 30.2 Å². The zero-order valence-corrected chi connectivity index (χ0v) is 27.7. The molecule has 244 valence electrons. The minimum absolute atomic E-state index is 0.139. The molecule has 5 rings (SSSR count). The van der Waals surface area contributed by atoms with Gasteiger partial charge in [-0.1, -0.05) is 17.7 Å². The SMILES string of the molecule is CC(COC1(C(=O)OC(C)(C)C)CC1)N[C@H]1CC[C@H](Nc2cc(-c3cccc(NCC4(C#N)CCOCC4)n3)c(Cl)cn2)CC1. The highest BCUT2D eigenvalue weighted by atomic mass is 35.5. The zero-order chi connectivity index (χ0) is 32.1. The molecule has 1 saturated heterocycles. The molecule has 0 amide bonds. The van der Waals surface area contributed by atoms with Gasteiger partial charge in [0.25, 0.3) is 0 Å². The van der Waals surface area contributed by atoms with Gasteiger partial charge in [0.05, 0.1) is 28.8 Å². The largest absolute Gasteiger partial charge is 0.458 e. The second-order valence-electron chi connectivity index (χ2n) is 13.9. The Bertz CT molecular complexity index is 1360. The first-order valence-electron chi connectivity index (χ1n) is 16.2. The van der Waals surface area contributed by atoms with Crippen molar-refractivity contribution in [3.63, 3.8) is 0 Å². The molecule has 0 aromatic carbocycles. The highest BCUT2D eigenvalue weighted by Crippen LogP contribution is 2.42. The summed E-state index contributed by atoms with van der Waals surface area (Å²) in [6, 6.07) is 11.1. The first-order chi connectivity index (χ1) is 21.5. The molecule has 2 aromatic heterocycles. The van der Waals surface area contributed by atoms with Crippen LogP contribution in [-0.4, -0.2) is 71.6 Å². The summed E-state index contributed by atoms with van der Waals surface area (Å²) in [6.45, 7) is 9.98. The second-order valence-corrected chi connectivity index (χ2v) is 14.3. The van der Waals surface area contributed by atoms with E-state index in [-0.39, 0.29) is 12.0 Å². The van der Waals surface area contributed by atoms with Gasteiger partial charge in [0.15, 0.2) is 5.60 Å². The fourth-order valence-corrected chi connectivity index (χ4v) is 6.19. The lowest BCUT2D eigenvalue weighted by Crippen LogP contribution is -2.44. The Balaban J connectivity index is 1.10. The Hall–Kier alpha value is -2.97. The Morgan fingerprint density at radius 2 is 1.84 bits per heavy atom. The van der Waals surface area contributed by atoms with Crippen LogP contribution >= 0.6 is 11.6 Å². The van der Waals surface area contributed by atoms with Gasteiger partial charge in [-0.05, 0) is 97.3 Å². The molecule has 2 saturated carbocycles. The second kappa shape index (κ2) is 14.2. The van der Waals surface area contributed by atoms with Crippen molar-refractivity contribution in [1.82, 2.24) is 15.3 Å². The lowest BCUT2D eigenvalue weighted by molar-refractivity contribution is -0.172. The molecule has 0 radical (unpaired) electrons. The molecule has 3 heterocycles. The molecule has 2 aromatic rings. The van der Waals surface area contributed by atoms with Gasteiger partial charge >= 0.3 is 5.97 Å². The first-order valence-corrected chi connectivity index (χ1v) is 16.6. The number of nitrogens with one attached hydrogen (secondary N) is 3. The molecule has 3 N–H and O–H groups in total. The van der Waals surface area contributed by atoms with Crippen LogP contribution in [0.1, 0.15) is 79.1 Å². The van der Waals surface area contributed by atoms with Crippen LogP contribution in [0.4, 0.5) is 11.6 Å². The number of rotatable bonds is 12. The van der Waals surface area contributed by atoms with Crippen molar-refractivity contribution in [3.8, 4) is 17.3 Å². The maximum absolute atomic E-state index is 12.6. The quantitative estimate of drug-likeness (QED) is 0.234. The van der Waals surface area contributed by atoms with Crippen molar-refractivity contribution in [1.29, 1.82) is 5.26 Å². The summed E-state index contributed by atoms with van der Waals surface area (Å²) in [5, 5.41) is 21.0. The molecule has 3 aliphatic rings. The van der Waals surface area contributed by atoms with E-state index in [1.165, 1.54) is 0 Å². The van der Waals surface area contributed by atoms with Gasteiger partial charge in [-0.2, -0.15) is 5.26 Å². The number of carbonyl (C=O) groups excluding carboxylic acids is 1. The summed E-state index contributed by atoms with van der Waals surface area (Å²) in [4.78, 5) is 21.9. The lowest BCUT2D eigenvalue weighted by atomic mass is 9.82. The van der Waals surface area contributed by atoms with Crippen molar-refractivity contribution in [2.45, 2.75) is 108 Å². The van der Waals surface area contributed by atoms with Crippen LogP contribution in [0, 0.1) is 16.7 Å². The highest BCUT2D eigenvalue weighted by Gasteiger charge is 2.54. The summed E-state index contributed by atoms with van der Waals surface area (Å²) in [5.41, 5.74) is -0.153. The number of halogens is 1. The van der Waals surface area contributed by atoms with Gasteiger partial charge in [0.1, 0.15) is 17.2 Å². The van der Waals surface area contributed by atoms with Crippen molar-refractivity contribution in [2.24, 2.45) is 5.41 Å². The van der Waals surface area contributed by atoms with Gasteiger partial charge in [0.2, 0.25) is 0 Å². The molecule has 0 bridgehead atoms. The fourth-order valence-electron chi connectivity index (χ4n) is 5.99. The summed E-state index contributed by atoms with van der Waals surface area (Å²) in [5.74, 6) is 1.24. The number of esters is 1. The summed E-state index contributed by atoms with van der Waals surface area (Å²) in [7, 11) is 0. The molecular formula is C34H47ClN6O4. The Kier molecular flexibility index (Phi) is 10.5. The normalized spacial score (nSPS) is 22.9. The number of aromatic nitrogens is 2. The Morgan fingerprint density at radius 1 is 1.13 bits per heavy atom. The van der Waals surface area contributed by atoms with Gasteiger partial charge in [-0.3, -0.25) is 0 Å². The van der Waals surface area contributed by atoms with E-state index in [0.29, 0.717) is 62.1 Å². The minimum atomic E-state index is -0.756. The van der Waals surface area contributed by atoms with Gasteiger partial charge in [-0.25, -0.2) is 14.8 Å². The summed E-state index contributed by atoms with van der Waals surface area (Å²) in [6.07, 6.45) is 8.63. The number of ether oxygens (including phenoxy) is 3. The molecule has 3 fully saturated rings. The van der Waals surface area contributed by atoms with Crippen LogP contribution in [0.25, 0.3) is 11.3 Å². The van der Waals surface area contributed by atoms with Gasteiger partial charge in [-0.15, -0.1) is 0 Å². The number of anilines is 2. The van der Waals surface area contributed by atoms with Crippen LogP contribution in [0.15, 0.2) is 30.5 Å². The zero-order valence-electron chi connectivity index (χ0n) is 27.0. The summed E-state index contributed by atoms with van der Waals surface area (Å²) >= 11 is 6.59. The molecule has 1 unspecified atom stereocenters. The van der Waals surface area contributed by atoms with E-state index >= 15 is 0 Å².